The monoisotopic (exact) mass is 385 g/mol. The Morgan fingerprint density at radius 1 is 0.964 bits per heavy atom. The Hall–Kier alpha value is -3.18. The van der Waals surface area contributed by atoms with Crippen LogP contribution < -0.4 is 10.6 Å². The third kappa shape index (κ3) is 2.75. The number of fused-ring (bicyclic) bond motifs is 2. The van der Waals surface area contributed by atoms with Gasteiger partial charge in [0.2, 0.25) is 0 Å². The summed E-state index contributed by atoms with van der Waals surface area (Å²) in [6.07, 6.45) is 3.19. The molecule has 1 amide bonds. The first-order valence-corrected chi connectivity index (χ1v) is 10.2. The minimum absolute atomic E-state index is 0.127. The predicted octanol–water partition coefficient (Wildman–Crippen LogP) is 5.35. The molecule has 0 bridgehead atoms. The highest BCUT2D eigenvalue weighted by Crippen LogP contribution is 2.38. The van der Waals surface area contributed by atoms with Crippen molar-refractivity contribution in [1.82, 2.24) is 4.98 Å². The Morgan fingerprint density at radius 3 is 2.25 bits per heavy atom. The maximum Gasteiger partial charge on any atom is 0.275 e. The molecule has 5 heteroatoms. The molecule has 2 N–H and O–H groups in total. The highest BCUT2D eigenvalue weighted by atomic mass is 32.1. The zero-order valence-electron chi connectivity index (χ0n) is 15.3. The molecule has 1 aliphatic carbocycles. The summed E-state index contributed by atoms with van der Waals surface area (Å²) in [5, 5.41) is 0.898. The molecule has 2 aromatic heterocycles. The van der Waals surface area contributed by atoms with Crippen LogP contribution in [0.5, 0.6) is 0 Å². The number of anilines is 3. The van der Waals surface area contributed by atoms with E-state index in [0.29, 0.717) is 10.6 Å². The summed E-state index contributed by atoms with van der Waals surface area (Å²) in [6.45, 7) is 0. The average molecular weight is 385 g/mol. The number of hydrogen-bond acceptors (Lipinski definition) is 4. The van der Waals surface area contributed by atoms with Crippen LogP contribution in [0.15, 0.2) is 66.7 Å². The van der Waals surface area contributed by atoms with Crippen molar-refractivity contribution in [3.8, 4) is 0 Å². The summed E-state index contributed by atoms with van der Waals surface area (Å²) >= 11 is 1.39. The van der Waals surface area contributed by atoms with Crippen LogP contribution in [0, 0.1) is 0 Å². The van der Waals surface area contributed by atoms with Crippen molar-refractivity contribution in [2.75, 3.05) is 10.6 Å². The molecule has 0 saturated carbocycles. The van der Waals surface area contributed by atoms with E-state index in [9.17, 15) is 4.79 Å². The van der Waals surface area contributed by atoms with Gasteiger partial charge in [-0.05, 0) is 55.2 Å². The minimum atomic E-state index is -0.127. The molecular formula is C23H19N3OS. The molecule has 0 unspecified atom stereocenters. The van der Waals surface area contributed by atoms with Gasteiger partial charge in [-0.2, -0.15) is 0 Å². The number of rotatable bonds is 3. The summed E-state index contributed by atoms with van der Waals surface area (Å²) < 4.78 is 0. The lowest BCUT2D eigenvalue weighted by Crippen LogP contribution is -2.25. The Morgan fingerprint density at radius 2 is 1.61 bits per heavy atom. The maximum atomic E-state index is 13.6. The number of nitrogens with two attached hydrogens (primary N) is 1. The first-order valence-electron chi connectivity index (χ1n) is 9.37. The molecule has 0 radical (unpaired) electrons. The van der Waals surface area contributed by atoms with E-state index < -0.39 is 0 Å². The first kappa shape index (κ1) is 17.0. The molecule has 0 saturated heterocycles. The zero-order valence-corrected chi connectivity index (χ0v) is 16.1. The molecule has 4 nitrogen and oxygen atoms in total. The van der Waals surface area contributed by atoms with Crippen LogP contribution in [-0.4, -0.2) is 10.9 Å². The number of nitrogen functional groups attached to an aromatic ring is 1. The summed E-state index contributed by atoms with van der Waals surface area (Å²) in [6, 6.07) is 21.5. The van der Waals surface area contributed by atoms with Gasteiger partial charge in [-0.25, -0.2) is 4.98 Å². The van der Waals surface area contributed by atoms with Gasteiger partial charge in [-0.1, -0.05) is 36.4 Å². The number of aryl methyl sites for hydroxylation is 2. The second kappa shape index (κ2) is 6.77. The van der Waals surface area contributed by atoms with E-state index in [1.807, 2.05) is 60.7 Å². The van der Waals surface area contributed by atoms with Gasteiger partial charge < -0.3 is 5.73 Å². The van der Waals surface area contributed by atoms with Gasteiger partial charge >= 0.3 is 0 Å². The van der Waals surface area contributed by atoms with E-state index in [0.717, 1.165) is 46.5 Å². The largest absolute Gasteiger partial charge is 0.397 e. The minimum Gasteiger partial charge on any atom is -0.397 e. The maximum absolute atomic E-state index is 13.6. The third-order valence-electron chi connectivity index (χ3n) is 5.18. The van der Waals surface area contributed by atoms with Crippen molar-refractivity contribution >= 4 is 44.5 Å². The number of nitrogens with zero attached hydrogens (tertiary/aromatic N) is 2. The van der Waals surface area contributed by atoms with E-state index in [2.05, 4.69) is 6.07 Å². The fourth-order valence-electron chi connectivity index (χ4n) is 3.80. The van der Waals surface area contributed by atoms with Crippen molar-refractivity contribution in [3.05, 3.63) is 82.9 Å². The molecule has 0 atom stereocenters. The second-order valence-electron chi connectivity index (χ2n) is 6.96. The Labute approximate surface area is 167 Å². The normalized spacial score (nSPS) is 12.9. The van der Waals surface area contributed by atoms with Gasteiger partial charge in [0.05, 0.1) is 5.69 Å². The lowest BCUT2D eigenvalue weighted by atomic mass is 10.1. The molecule has 0 fully saturated rings. The summed E-state index contributed by atoms with van der Waals surface area (Å²) in [4.78, 5) is 21.5. The fourth-order valence-corrected chi connectivity index (χ4v) is 4.82. The fraction of sp³-hybridized carbons (Fsp3) is 0.130. The third-order valence-corrected chi connectivity index (χ3v) is 6.28. The van der Waals surface area contributed by atoms with Crippen LogP contribution in [0.25, 0.3) is 10.2 Å². The van der Waals surface area contributed by atoms with Crippen molar-refractivity contribution in [3.63, 3.8) is 0 Å². The molecule has 138 valence electrons. The highest BCUT2D eigenvalue weighted by Gasteiger charge is 2.26. The van der Waals surface area contributed by atoms with Gasteiger partial charge in [0, 0.05) is 22.5 Å². The lowest BCUT2D eigenvalue weighted by Gasteiger charge is -2.22. The standard InChI is InChI=1S/C23H19N3OS/c24-20-18-14-15-8-7-13-19(15)25-22(18)28-21(20)23(27)26(16-9-3-1-4-10-16)17-11-5-2-6-12-17/h1-6,9-12,14H,7-8,13,24H2. The molecule has 2 heterocycles. The number of carbonyl (C=O) groups is 1. The number of amides is 1. The average Bonchev–Trinajstić information content (AvgIpc) is 3.32. The van der Waals surface area contributed by atoms with Crippen LogP contribution in [0.4, 0.5) is 17.1 Å². The van der Waals surface area contributed by atoms with Crippen molar-refractivity contribution < 1.29 is 4.79 Å². The first-order chi connectivity index (χ1) is 13.7. The van der Waals surface area contributed by atoms with E-state index in [4.69, 9.17) is 10.7 Å². The topological polar surface area (TPSA) is 59.2 Å². The van der Waals surface area contributed by atoms with Crippen LogP contribution in [0.3, 0.4) is 0 Å². The molecular weight excluding hydrogens is 366 g/mol. The van der Waals surface area contributed by atoms with Crippen LogP contribution in [-0.2, 0) is 12.8 Å². The Balaban J connectivity index is 1.65. The van der Waals surface area contributed by atoms with Gasteiger partial charge in [0.1, 0.15) is 9.71 Å². The quantitative estimate of drug-likeness (QED) is 0.517. The van der Waals surface area contributed by atoms with Crippen LogP contribution >= 0.6 is 11.3 Å². The van der Waals surface area contributed by atoms with E-state index >= 15 is 0 Å². The molecule has 0 spiro atoms. The van der Waals surface area contributed by atoms with Crippen molar-refractivity contribution in [2.45, 2.75) is 19.3 Å². The summed E-state index contributed by atoms with van der Waals surface area (Å²) in [7, 11) is 0. The van der Waals surface area contributed by atoms with Crippen molar-refractivity contribution in [2.24, 2.45) is 0 Å². The molecule has 2 aromatic carbocycles. The summed E-state index contributed by atoms with van der Waals surface area (Å²) in [5.41, 5.74) is 11.0. The van der Waals surface area contributed by atoms with Gasteiger partial charge in [0.15, 0.2) is 0 Å². The number of aromatic nitrogens is 1. The number of benzene rings is 2. The summed E-state index contributed by atoms with van der Waals surface area (Å²) in [5.74, 6) is -0.127. The van der Waals surface area contributed by atoms with E-state index in [-0.39, 0.29) is 5.91 Å². The van der Waals surface area contributed by atoms with Gasteiger partial charge in [-0.3, -0.25) is 9.69 Å². The molecule has 5 rings (SSSR count). The SMILES string of the molecule is Nc1c(C(=O)N(c2ccccc2)c2ccccc2)sc2nc3c(cc12)CCC3. The van der Waals surface area contributed by atoms with Gasteiger partial charge in [-0.15, -0.1) is 11.3 Å². The van der Waals surface area contributed by atoms with Gasteiger partial charge in [0.25, 0.3) is 5.91 Å². The van der Waals surface area contributed by atoms with Crippen LogP contribution in [0.1, 0.15) is 27.3 Å². The molecule has 1 aliphatic rings. The van der Waals surface area contributed by atoms with E-state index in [1.165, 1.54) is 16.9 Å². The Kier molecular flexibility index (Phi) is 4.10. The van der Waals surface area contributed by atoms with Crippen molar-refractivity contribution in [1.29, 1.82) is 0 Å². The number of para-hydroxylation sites is 2. The molecule has 28 heavy (non-hydrogen) atoms. The van der Waals surface area contributed by atoms with E-state index in [1.54, 1.807) is 4.90 Å². The Bertz CT molecular complexity index is 1130. The second-order valence-corrected chi connectivity index (χ2v) is 7.96. The number of carbonyl (C=O) groups excluding carboxylic acids is 1. The highest BCUT2D eigenvalue weighted by molar-refractivity contribution is 7.21. The smallest absolute Gasteiger partial charge is 0.275 e. The number of pyridine rings is 1. The number of thiophene rings is 1. The molecule has 4 aromatic rings. The molecule has 0 aliphatic heterocycles. The predicted molar refractivity (Wildman–Crippen MR) is 115 cm³/mol. The number of hydrogen-bond donors (Lipinski definition) is 1. The lowest BCUT2D eigenvalue weighted by molar-refractivity contribution is 0.100. The zero-order chi connectivity index (χ0) is 19.1. The van der Waals surface area contributed by atoms with Crippen LogP contribution in [0.2, 0.25) is 0 Å².